The molecule has 3 rings (SSSR count). The molecule has 2 aliphatic rings. The van der Waals surface area contributed by atoms with Gasteiger partial charge in [-0.1, -0.05) is 28.8 Å². The Morgan fingerprint density at radius 2 is 1.87 bits per heavy atom. The molecule has 1 saturated carbocycles. The van der Waals surface area contributed by atoms with E-state index in [-0.39, 0.29) is 0 Å². The lowest BCUT2D eigenvalue weighted by molar-refractivity contribution is -0.129. The second-order valence-corrected chi connectivity index (χ2v) is 8.33. The zero-order chi connectivity index (χ0) is 16.5. The number of nitrogens with zero attached hydrogens (tertiary/aromatic N) is 1. The fraction of sp³-hybridized carbons (Fsp3) is 0.684. The second kappa shape index (κ2) is 6.73. The molecule has 1 unspecified atom stereocenters. The summed E-state index contributed by atoms with van der Waals surface area (Å²) in [6.45, 7) is 0.988. The summed E-state index contributed by atoms with van der Waals surface area (Å²) in [4.78, 5) is 2.18. The Bertz CT molecular complexity index is 552. The number of hydrogen-bond donors (Lipinski definition) is 1. The van der Waals surface area contributed by atoms with Crippen LogP contribution in [0.5, 0.6) is 5.75 Å². The molecule has 0 aromatic heterocycles. The van der Waals surface area contributed by atoms with Gasteiger partial charge in [0.1, 0.15) is 17.0 Å². The van der Waals surface area contributed by atoms with E-state index in [1.807, 2.05) is 12.1 Å². The van der Waals surface area contributed by atoms with Gasteiger partial charge in [-0.3, -0.25) is 0 Å². The molecule has 1 aromatic rings. The van der Waals surface area contributed by atoms with Crippen LogP contribution in [0.25, 0.3) is 0 Å². The number of benzene rings is 1. The Hall–Kier alpha value is -0.580. The summed E-state index contributed by atoms with van der Waals surface area (Å²) in [5.74, 6) is 0.877. The molecule has 128 valence electrons. The van der Waals surface area contributed by atoms with E-state index in [2.05, 4.69) is 41.0 Å². The lowest BCUT2D eigenvalue weighted by Crippen LogP contribution is -2.51. The fourth-order valence-electron chi connectivity index (χ4n) is 4.28. The number of halogens is 1. The maximum Gasteiger partial charge on any atom is 0.142 e. The standard InChI is InChI=1S/C19H28BrNO2/c1-21(2)13-7-12-19(22)16-14-15(20)8-9-17(16)23-18(19)10-5-3-4-6-11-18/h8-9,14,22H,3-7,10-13H2,1-2H3. The van der Waals surface area contributed by atoms with Crippen LogP contribution in [0.15, 0.2) is 22.7 Å². The van der Waals surface area contributed by atoms with Crippen LogP contribution in [-0.2, 0) is 5.60 Å². The summed E-state index contributed by atoms with van der Waals surface area (Å²) in [7, 11) is 4.17. The zero-order valence-corrected chi connectivity index (χ0v) is 15.9. The van der Waals surface area contributed by atoms with Crippen molar-refractivity contribution < 1.29 is 9.84 Å². The average Bonchev–Trinajstić information content (AvgIpc) is 2.66. The van der Waals surface area contributed by atoms with Crippen LogP contribution < -0.4 is 4.74 Å². The normalized spacial score (nSPS) is 26.1. The largest absolute Gasteiger partial charge is 0.483 e. The Morgan fingerprint density at radius 3 is 2.52 bits per heavy atom. The first kappa shape index (κ1) is 17.2. The summed E-state index contributed by atoms with van der Waals surface area (Å²) in [6, 6.07) is 6.08. The van der Waals surface area contributed by atoms with Gasteiger partial charge in [-0.25, -0.2) is 0 Å². The van der Waals surface area contributed by atoms with Gasteiger partial charge in [-0.2, -0.15) is 0 Å². The highest BCUT2D eigenvalue weighted by molar-refractivity contribution is 9.10. The third-order valence-electron chi connectivity index (χ3n) is 5.50. The molecule has 1 aromatic carbocycles. The highest BCUT2D eigenvalue weighted by atomic mass is 79.9. The minimum Gasteiger partial charge on any atom is -0.483 e. The van der Waals surface area contributed by atoms with E-state index in [9.17, 15) is 5.11 Å². The molecule has 0 bridgehead atoms. The molecule has 0 amide bonds. The molecule has 1 aliphatic carbocycles. The van der Waals surface area contributed by atoms with E-state index >= 15 is 0 Å². The van der Waals surface area contributed by atoms with Crippen molar-refractivity contribution in [3.8, 4) is 5.75 Å². The van der Waals surface area contributed by atoms with Gasteiger partial charge in [0.05, 0.1) is 0 Å². The topological polar surface area (TPSA) is 32.7 Å². The van der Waals surface area contributed by atoms with Crippen LogP contribution in [0.1, 0.15) is 56.9 Å². The SMILES string of the molecule is CN(C)CCCC1(O)c2cc(Br)ccc2OC12CCCCCC2. The van der Waals surface area contributed by atoms with Crippen LogP contribution in [0.3, 0.4) is 0 Å². The first-order valence-corrected chi connectivity index (χ1v) is 9.62. The predicted molar refractivity (Wildman–Crippen MR) is 96.9 cm³/mol. The fourth-order valence-corrected chi connectivity index (χ4v) is 4.64. The van der Waals surface area contributed by atoms with Crippen molar-refractivity contribution in [1.29, 1.82) is 0 Å². The van der Waals surface area contributed by atoms with E-state index in [0.717, 1.165) is 60.9 Å². The molecule has 1 atom stereocenters. The Labute approximate surface area is 148 Å². The van der Waals surface area contributed by atoms with E-state index in [1.54, 1.807) is 0 Å². The summed E-state index contributed by atoms with van der Waals surface area (Å²) in [6.07, 6.45) is 8.43. The molecule has 1 fully saturated rings. The van der Waals surface area contributed by atoms with Crippen molar-refractivity contribution in [2.24, 2.45) is 0 Å². The Kier molecular flexibility index (Phi) is 5.05. The molecule has 1 spiro atoms. The molecular weight excluding hydrogens is 354 g/mol. The van der Waals surface area contributed by atoms with Crippen molar-refractivity contribution in [2.45, 2.75) is 62.6 Å². The number of ether oxygens (including phenoxy) is 1. The maximum atomic E-state index is 11.8. The van der Waals surface area contributed by atoms with Gasteiger partial charge in [0, 0.05) is 10.0 Å². The number of fused-ring (bicyclic) bond motifs is 1. The van der Waals surface area contributed by atoms with Crippen molar-refractivity contribution in [1.82, 2.24) is 4.90 Å². The van der Waals surface area contributed by atoms with E-state index < -0.39 is 11.2 Å². The Balaban J connectivity index is 1.95. The third-order valence-corrected chi connectivity index (χ3v) is 5.99. The molecule has 1 heterocycles. The van der Waals surface area contributed by atoms with Gasteiger partial charge in [0.2, 0.25) is 0 Å². The molecule has 23 heavy (non-hydrogen) atoms. The van der Waals surface area contributed by atoms with Gasteiger partial charge in [0.15, 0.2) is 0 Å². The summed E-state index contributed by atoms with van der Waals surface area (Å²) in [5, 5.41) is 11.8. The number of aliphatic hydroxyl groups is 1. The zero-order valence-electron chi connectivity index (χ0n) is 14.3. The quantitative estimate of drug-likeness (QED) is 0.835. The van der Waals surface area contributed by atoms with E-state index in [4.69, 9.17) is 4.74 Å². The Morgan fingerprint density at radius 1 is 1.17 bits per heavy atom. The monoisotopic (exact) mass is 381 g/mol. The van der Waals surface area contributed by atoms with Crippen LogP contribution in [-0.4, -0.2) is 36.2 Å². The maximum absolute atomic E-state index is 11.8. The number of rotatable bonds is 4. The highest BCUT2D eigenvalue weighted by Gasteiger charge is 2.58. The van der Waals surface area contributed by atoms with Gasteiger partial charge >= 0.3 is 0 Å². The minimum absolute atomic E-state index is 0.432. The summed E-state index contributed by atoms with van der Waals surface area (Å²) >= 11 is 3.56. The lowest BCUT2D eigenvalue weighted by atomic mass is 9.72. The molecule has 4 heteroatoms. The first-order valence-electron chi connectivity index (χ1n) is 8.83. The smallest absolute Gasteiger partial charge is 0.142 e. The molecule has 0 radical (unpaired) electrons. The second-order valence-electron chi connectivity index (χ2n) is 7.42. The predicted octanol–water partition coefficient (Wildman–Crippen LogP) is 4.46. The van der Waals surface area contributed by atoms with Gasteiger partial charge < -0.3 is 14.7 Å². The van der Waals surface area contributed by atoms with Crippen molar-refractivity contribution >= 4 is 15.9 Å². The average molecular weight is 382 g/mol. The van der Waals surface area contributed by atoms with Crippen LogP contribution in [0, 0.1) is 0 Å². The third kappa shape index (κ3) is 3.18. The van der Waals surface area contributed by atoms with Crippen LogP contribution in [0.4, 0.5) is 0 Å². The highest BCUT2D eigenvalue weighted by Crippen LogP contribution is 2.55. The van der Waals surface area contributed by atoms with Crippen LogP contribution in [0.2, 0.25) is 0 Å². The van der Waals surface area contributed by atoms with Crippen molar-refractivity contribution in [2.75, 3.05) is 20.6 Å². The minimum atomic E-state index is -0.869. The molecule has 0 saturated heterocycles. The molecule has 1 aliphatic heterocycles. The summed E-state index contributed by atoms with van der Waals surface area (Å²) < 4.78 is 7.47. The number of hydrogen-bond acceptors (Lipinski definition) is 3. The first-order chi connectivity index (χ1) is 11.0. The van der Waals surface area contributed by atoms with Gasteiger partial charge in [0.25, 0.3) is 0 Å². The van der Waals surface area contributed by atoms with Gasteiger partial charge in [-0.15, -0.1) is 0 Å². The van der Waals surface area contributed by atoms with Crippen LogP contribution >= 0.6 is 15.9 Å². The lowest BCUT2D eigenvalue weighted by Gasteiger charge is -2.41. The molecule has 1 N–H and O–H groups in total. The molecule has 3 nitrogen and oxygen atoms in total. The summed E-state index contributed by atoms with van der Waals surface area (Å²) in [5.41, 5.74) is -0.321. The van der Waals surface area contributed by atoms with Crippen molar-refractivity contribution in [3.63, 3.8) is 0 Å². The molecular formula is C19H28BrNO2. The van der Waals surface area contributed by atoms with Gasteiger partial charge in [-0.05, 0) is 77.4 Å². The van der Waals surface area contributed by atoms with E-state index in [1.165, 1.54) is 12.8 Å². The van der Waals surface area contributed by atoms with E-state index in [0.29, 0.717) is 0 Å². The van der Waals surface area contributed by atoms with Crippen molar-refractivity contribution in [3.05, 3.63) is 28.2 Å².